The van der Waals surface area contributed by atoms with Gasteiger partial charge in [0.25, 0.3) is 0 Å². The van der Waals surface area contributed by atoms with Crippen LogP contribution >= 0.6 is 0 Å². The molecule has 0 saturated carbocycles. The zero-order valence-corrected chi connectivity index (χ0v) is 9.13. The Morgan fingerprint density at radius 3 is 2.21 bits per heavy atom. The van der Waals surface area contributed by atoms with Gasteiger partial charge in [-0.25, -0.2) is 9.48 Å². The summed E-state index contributed by atoms with van der Waals surface area (Å²) >= 11 is 0. The van der Waals surface area contributed by atoms with E-state index in [0.717, 1.165) is 7.05 Å². The molecule has 1 N–H and O–H groups in total. The van der Waals surface area contributed by atoms with Crippen LogP contribution in [0.3, 0.4) is 0 Å². The standard InChI is InChI=1S/C8H6F6N2O3/c1-16-5(19-2-7(9,10)11)3(6(17)18)4(15-16)8(12,13)14/h2H2,1H3,(H,17,18). The summed E-state index contributed by atoms with van der Waals surface area (Å²) in [7, 11) is 0.841. The normalized spacial score (nSPS) is 12.6. The Morgan fingerprint density at radius 2 is 1.84 bits per heavy atom. The van der Waals surface area contributed by atoms with Crippen molar-refractivity contribution in [1.29, 1.82) is 0 Å². The second-order valence-corrected chi connectivity index (χ2v) is 3.36. The van der Waals surface area contributed by atoms with E-state index in [-0.39, 0.29) is 4.68 Å². The van der Waals surface area contributed by atoms with Crippen molar-refractivity contribution in [2.24, 2.45) is 7.05 Å². The summed E-state index contributed by atoms with van der Waals surface area (Å²) in [6.45, 7) is -1.93. The number of halogens is 6. The summed E-state index contributed by atoms with van der Waals surface area (Å²) in [5, 5.41) is 11.5. The van der Waals surface area contributed by atoms with E-state index in [1.165, 1.54) is 0 Å². The first-order chi connectivity index (χ1) is 8.43. The molecule has 108 valence electrons. The molecule has 0 aliphatic rings. The second-order valence-electron chi connectivity index (χ2n) is 3.36. The molecule has 0 amide bonds. The third-order valence-corrected chi connectivity index (χ3v) is 1.85. The monoisotopic (exact) mass is 292 g/mol. The molecule has 0 unspecified atom stereocenters. The van der Waals surface area contributed by atoms with Crippen molar-refractivity contribution < 1.29 is 41.0 Å². The van der Waals surface area contributed by atoms with Crippen molar-refractivity contribution in [1.82, 2.24) is 9.78 Å². The fraction of sp³-hybridized carbons (Fsp3) is 0.500. The van der Waals surface area contributed by atoms with Gasteiger partial charge in [0.2, 0.25) is 5.88 Å². The molecule has 1 rings (SSSR count). The number of hydrogen-bond acceptors (Lipinski definition) is 3. The van der Waals surface area contributed by atoms with E-state index >= 15 is 0 Å². The van der Waals surface area contributed by atoms with Gasteiger partial charge in [0.1, 0.15) is 0 Å². The number of nitrogens with zero attached hydrogens (tertiary/aromatic N) is 2. The lowest BCUT2D eigenvalue weighted by Gasteiger charge is -2.09. The smallest absolute Gasteiger partial charge is 0.436 e. The van der Waals surface area contributed by atoms with Crippen LogP contribution in [0.2, 0.25) is 0 Å². The van der Waals surface area contributed by atoms with Gasteiger partial charge in [-0.1, -0.05) is 0 Å². The first kappa shape index (κ1) is 15.1. The van der Waals surface area contributed by atoms with Crippen LogP contribution < -0.4 is 4.74 Å². The minimum Gasteiger partial charge on any atom is -0.477 e. The number of carboxylic acids is 1. The lowest BCUT2D eigenvalue weighted by Crippen LogP contribution is -2.21. The maximum Gasteiger partial charge on any atom is 0.436 e. The molecule has 11 heteroatoms. The quantitative estimate of drug-likeness (QED) is 0.866. The number of alkyl halides is 6. The summed E-state index contributed by atoms with van der Waals surface area (Å²) in [4.78, 5) is 10.7. The fourth-order valence-electron chi connectivity index (χ4n) is 1.22. The Kier molecular flexibility index (Phi) is 3.68. The molecular weight excluding hydrogens is 286 g/mol. The van der Waals surface area contributed by atoms with Crippen molar-refractivity contribution in [3.8, 4) is 5.88 Å². The maximum absolute atomic E-state index is 12.5. The molecule has 0 atom stereocenters. The fourth-order valence-corrected chi connectivity index (χ4v) is 1.22. The zero-order valence-electron chi connectivity index (χ0n) is 9.13. The minimum absolute atomic E-state index is 0.290. The second kappa shape index (κ2) is 4.63. The lowest BCUT2D eigenvalue weighted by atomic mass is 10.2. The molecule has 0 aliphatic heterocycles. The first-order valence-corrected chi connectivity index (χ1v) is 4.50. The van der Waals surface area contributed by atoms with Crippen LogP contribution in [0, 0.1) is 0 Å². The van der Waals surface area contributed by atoms with E-state index in [9.17, 15) is 31.1 Å². The molecule has 1 heterocycles. The highest BCUT2D eigenvalue weighted by atomic mass is 19.4. The summed E-state index contributed by atoms with van der Waals surface area (Å²) in [5.74, 6) is -3.20. The minimum atomic E-state index is -5.12. The highest BCUT2D eigenvalue weighted by molar-refractivity contribution is 5.92. The summed E-state index contributed by atoms with van der Waals surface area (Å²) in [6.07, 6.45) is -9.94. The molecule has 0 aromatic carbocycles. The largest absolute Gasteiger partial charge is 0.477 e. The number of rotatable bonds is 3. The highest BCUT2D eigenvalue weighted by Gasteiger charge is 2.42. The van der Waals surface area contributed by atoms with E-state index in [4.69, 9.17) is 5.11 Å². The zero-order chi connectivity index (χ0) is 15.0. The molecule has 19 heavy (non-hydrogen) atoms. The van der Waals surface area contributed by atoms with Gasteiger partial charge in [-0.05, 0) is 0 Å². The number of aryl methyl sites for hydroxylation is 1. The number of aromatic nitrogens is 2. The number of carbonyl (C=O) groups is 1. The van der Waals surface area contributed by atoms with Crippen molar-refractivity contribution >= 4 is 5.97 Å². The third kappa shape index (κ3) is 3.51. The molecule has 0 bridgehead atoms. The number of carboxylic acid groups (broad SMARTS) is 1. The Labute approximate surface area is 101 Å². The van der Waals surface area contributed by atoms with Crippen LogP contribution in [0.15, 0.2) is 0 Å². The first-order valence-electron chi connectivity index (χ1n) is 4.50. The van der Waals surface area contributed by atoms with Crippen molar-refractivity contribution in [3.63, 3.8) is 0 Å². The van der Waals surface area contributed by atoms with E-state index < -0.39 is 42.1 Å². The van der Waals surface area contributed by atoms with Crippen molar-refractivity contribution in [3.05, 3.63) is 11.3 Å². The van der Waals surface area contributed by atoms with Gasteiger partial charge in [0, 0.05) is 7.05 Å². The molecule has 0 fully saturated rings. The van der Waals surface area contributed by atoms with Crippen LogP contribution in [0.5, 0.6) is 5.88 Å². The molecule has 1 aromatic rings. The summed E-state index contributed by atoms with van der Waals surface area (Å²) < 4.78 is 77.5. The van der Waals surface area contributed by atoms with Gasteiger partial charge in [-0.3, -0.25) is 0 Å². The third-order valence-electron chi connectivity index (χ3n) is 1.85. The van der Waals surface area contributed by atoms with Gasteiger partial charge in [-0.15, -0.1) is 0 Å². The Morgan fingerprint density at radius 1 is 1.32 bits per heavy atom. The predicted molar refractivity (Wildman–Crippen MR) is 46.7 cm³/mol. The molecule has 0 spiro atoms. The van der Waals surface area contributed by atoms with Crippen LogP contribution in [0.25, 0.3) is 0 Å². The molecule has 5 nitrogen and oxygen atoms in total. The van der Waals surface area contributed by atoms with Gasteiger partial charge in [0.05, 0.1) is 0 Å². The molecule has 0 saturated heterocycles. The molecule has 1 aromatic heterocycles. The van der Waals surface area contributed by atoms with E-state index in [2.05, 4.69) is 9.84 Å². The van der Waals surface area contributed by atoms with Gasteiger partial charge in [-0.2, -0.15) is 31.4 Å². The average molecular weight is 292 g/mol. The average Bonchev–Trinajstić information content (AvgIpc) is 2.50. The van der Waals surface area contributed by atoms with E-state index in [1.54, 1.807) is 0 Å². The number of aromatic carboxylic acids is 1. The topological polar surface area (TPSA) is 64.4 Å². The Bertz CT molecular complexity index is 490. The van der Waals surface area contributed by atoms with Gasteiger partial charge < -0.3 is 9.84 Å². The van der Waals surface area contributed by atoms with Crippen molar-refractivity contribution in [2.45, 2.75) is 12.4 Å². The molecule has 0 radical (unpaired) electrons. The van der Waals surface area contributed by atoms with E-state index in [1.807, 2.05) is 0 Å². The van der Waals surface area contributed by atoms with Crippen LogP contribution in [-0.4, -0.2) is 33.6 Å². The van der Waals surface area contributed by atoms with Crippen LogP contribution in [0.4, 0.5) is 26.3 Å². The summed E-state index contributed by atoms with van der Waals surface area (Å²) in [5.41, 5.74) is -3.28. The van der Waals surface area contributed by atoms with Crippen LogP contribution in [0.1, 0.15) is 16.1 Å². The van der Waals surface area contributed by atoms with Crippen molar-refractivity contribution in [2.75, 3.05) is 6.61 Å². The van der Waals surface area contributed by atoms with Gasteiger partial charge in [0.15, 0.2) is 17.9 Å². The Balaban J connectivity index is 3.24. The Hall–Kier alpha value is -1.94. The van der Waals surface area contributed by atoms with E-state index in [0.29, 0.717) is 0 Å². The van der Waals surface area contributed by atoms with Crippen LogP contribution in [-0.2, 0) is 13.2 Å². The highest BCUT2D eigenvalue weighted by Crippen LogP contribution is 2.35. The number of ether oxygens (including phenoxy) is 1. The lowest BCUT2D eigenvalue weighted by molar-refractivity contribution is -0.154. The molecule has 0 aliphatic carbocycles. The predicted octanol–water partition coefficient (Wildman–Crippen LogP) is 2.08. The SMILES string of the molecule is Cn1nc(C(F)(F)F)c(C(=O)O)c1OCC(F)(F)F. The number of hydrogen-bond donors (Lipinski definition) is 1. The maximum atomic E-state index is 12.5. The van der Waals surface area contributed by atoms with Gasteiger partial charge >= 0.3 is 18.3 Å². The summed E-state index contributed by atoms with van der Waals surface area (Å²) in [6, 6.07) is 0. The molecular formula is C8H6F6N2O3.